The number of rotatable bonds is 7. The Morgan fingerprint density at radius 2 is 0.820 bits per heavy atom. The lowest BCUT2D eigenvalue weighted by Gasteiger charge is -2.11. The number of hydrogen-bond acceptors (Lipinski definition) is 6. The summed E-state index contributed by atoms with van der Waals surface area (Å²) in [6, 6.07) is 54.7. The Balaban J connectivity index is 1.11. The monoisotopic (exact) mass is 640 g/mol. The number of pyridine rings is 3. The SMILES string of the molecule is N#Cc1ccc(-c2cc(-c3ccccc3)cc(-c3ccc(-c4ccc(-c5nc(-c6ccccc6)cc(-c6ccccc6)n5)cc4)cn3)n2)nc1. The predicted octanol–water partition coefficient (Wildman–Crippen LogP) is 10.2. The van der Waals surface area contributed by atoms with Gasteiger partial charge in [0, 0.05) is 34.6 Å². The zero-order chi connectivity index (χ0) is 33.7. The van der Waals surface area contributed by atoms with Crippen LogP contribution in [0, 0.1) is 11.3 Å². The molecule has 0 aliphatic heterocycles. The van der Waals surface area contributed by atoms with Gasteiger partial charge in [0.05, 0.1) is 39.7 Å². The first kappa shape index (κ1) is 30.2. The lowest BCUT2D eigenvalue weighted by molar-refractivity contribution is 1.18. The first-order chi connectivity index (χ1) is 24.7. The Bertz CT molecular complexity index is 2380. The topological polar surface area (TPSA) is 88.2 Å². The summed E-state index contributed by atoms with van der Waals surface area (Å²) >= 11 is 0. The van der Waals surface area contributed by atoms with Crippen LogP contribution in [0.25, 0.3) is 78.9 Å². The molecule has 6 nitrogen and oxygen atoms in total. The van der Waals surface area contributed by atoms with E-state index in [1.54, 1.807) is 12.3 Å². The number of benzene rings is 4. The zero-order valence-corrected chi connectivity index (χ0v) is 26.8. The third-order valence-corrected chi connectivity index (χ3v) is 8.46. The lowest BCUT2D eigenvalue weighted by Crippen LogP contribution is -1.96. The van der Waals surface area contributed by atoms with Crippen molar-refractivity contribution in [3.8, 4) is 85.0 Å². The molecule has 0 saturated carbocycles. The van der Waals surface area contributed by atoms with E-state index in [0.29, 0.717) is 22.8 Å². The predicted molar refractivity (Wildman–Crippen MR) is 198 cm³/mol. The van der Waals surface area contributed by atoms with Crippen LogP contribution in [0.2, 0.25) is 0 Å². The molecular formula is C44H28N6. The van der Waals surface area contributed by atoms with Crippen molar-refractivity contribution in [3.63, 3.8) is 0 Å². The minimum Gasteiger partial charge on any atom is -0.254 e. The molecular weight excluding hydrogens is 613 g/mol. The van der Waals surface area contributed by atoms with Crippen LogP contribution in [-0.2, 0) is 0 Å². The average molecular weight is 641 g/mol. The molecule has 4 aromatic carbocycles. The van der Waals surface area contributed by atoms with Crippen LogP contribution in [-0.4, -0.2) is 24.9 Å². The van der Waals surface area contributed by atoms with Crippen molar-refractivity contribution in [1.29, 1.82) is 5.26 Å². The van der Waals surface area contributed by atoms with Gasteiger partial charge in [0.1, 0.15) is 6.07 Å². The lowest BCUT2D eigenvalue weighted by atomic mass is 10.0. The maximum absolute atomic E-state index is 9.23. The molecule has 50 heavy (non-hydrogen) atoms. The molecule has 0 unspecified atom stereocenters. The van der Waals surface area contributed by atoms with Crippen LogP contribution in [0.15, 0.2) is 170 Å². The van der Waals surface area contributed by atoms with Crippen molar-refractivity contribution in [2.75, 3.05) is 0 Å². The van der Waals surface area contributed by atoms with Gasteiger partial charge < -0.3 is 0 Å². The molecule has 0 bridgehead atoms. The average Bonchev–Trinajstić information content (AvgIpc) is 3.21. The fraction of sp³-hybridized carbons (Fsp3) is 0. The Kier molecular flexibility index (Phi) is 8.20. The van der Waals surface area contributed by atoms with Gasteiger partial charge in [0.25, 0.3) is 0 Å². The quantitative estimate of drug-likeness (QED) is 0.172. The second kappa shape index (κ2) is 13.6. The van der Waals surface area contributed by atoms with Gasteiger partial charge in [0.2, 0.25) is 0 Å². The zero-order valence-electron chi connectivity index (χ0n) is 26.8. The van der Waals surface area contributed by atoms with Crippen LogP contribution in [0.3, 0.4) is 0 Å². The van der Waals surface area contributed by atoms with Crippen LogP contribution in [0.5, 0.6) is 0 Å². The van der Waals surface area contributed by atoms with Gasteiger partial charge in [-0.05, 0) is 53.1 Å². The number of hydrogen-bond donors (Lipinski definition) is 0. The smallest absolute Gasteiger partial charge is 0.160 e. The molecule has 6 heteroatoms. The molecule has 4 aromatic heterocycles. The molecule has 0 amide bonds. The summed E-state index contributed by atoms with van der Waals surface area (Å²) < 4.78 is 0. The highest BCUT2D eigenvalue weighted by atomic mass is 14.9. The standard InChI is InChI=1S/C44H28N6/c45-27-30-16-22-38(46-28-30)42-24-37(31-10-4-1-5-11-31)25-43(48-42)39-23-21-36(29-47-39)32-17-19-35(20-18-32)44-49-40(33-12-6-2-7-13-33)26-41(50-44)34-14-8-3-9-15-34/h1-26,28-29H. The van der Waals surface area contributed by atoms with Crippen LogP contribution in [0.4, 0.5) is 0 Å². The van der Waals surface area contributed by atoms with Crippen molar-refractivity contribution in [3.05, 3.63) is 176 Å². The first-order valence-electron chi connectivity index (χ1n) is 16.2. The van der Waals surface area contributed by atoms with Crippen molar-refractivity contribution in [1.82, 2.24) is 24.9 Å². The van der Waals surface area contributed by atoms with Gasteiger partial charge in [-0.2, -0.15) is 5.26 Å². The van der Waals surface area contributed by atoms with Gasteiger partial charge in [0.15, 0.2) is 5.82 Å². The van der Waals surface area contributed by atoms with E-state index in [1.165, 1.54) is 0 Å². The maximum Gasteiger partial charge on any atom is 0.160 e. The van der Waals surface area contributed by atoms with E-state index in [0.717, 1.165) is 61.7 Å². The Labute approximate surface area is 290 Å². The van der Waals surface area contributed by atoms with E-state index >= 15 is 0 Å². The fourth-order valence-corrected chi connectivity index (χ4v) is 5.82. The Morgan fingerprint density at radius 1 is 0.340 bits per heavy atom. The first-order valence-corrected chi connectivity index (χ1v) is 16.2. The Morgan fingerprint density at radius 3 is 1.32 bits per heavy atom. The highest BCUT2D eigenvalue weighted by Gasteiger charge is 2.13. The second-order valence-electron chi connectivity index (χ2n) is 11.7. The summed E-state index contributed by atoms with van der Waals surface area (Å²) in [5.74, 6) is 0.669. The molecule has 0 spiro atoms. The number of aromatic nitrogens is 5. The highest BCUT2D eigenvalue weighted by molar-refractivity contribution is 5.77. The van der Waals surface area contributed by atoms with Gasteiger partial charge >= 0.3 is 0 Å². The van der Waals surface area contributed by atoms with Crippen LogP contribution in [0.1, 0.15) is 5.56 Å². The number of nitrogens with zero attached hydrogens (tertiary/aromatic N) is 6. The molecule has 234 valence electrons. The summed E-state index contributed by atoms with van der Waals surface area (Å²) in [5.41, 5.74) is 12.2. The molecule has 0 saturated heterocycles. The van der Waals surface area contributed by atoms with Crippen molar-refractivity contribution in [2.24, 2.45) is 0 Å². The van der Waals surface area contributed by atoms with Crippen LogP contribution >= 0.6 is 0 Å². The summed E-state index contributed by atoms with van der Waals surface area (Å²) in [6.07, 6.45) is 3.44. The van der Waals surface area contributed by atoms with Crippen molar-refractivity contribution < 1.29 is 0 Å². The fourth-order valence-electron chi connectivity index (χ4n) is 5.82. The molecule has 0 radical (unpaired) electrons. The molecule has 8 rings (SSSR count). The van der Waals surface area contributed by atoms with E-state index < -0.39 is 0 Å². The van der Waals surface area contributed by atoms with Gasteiger partial charge in [-0.25, -0.2) is 15.0 Å². The van der Waals surface area contributed by atoms with Crippen molar-refractivity contribution in [2.45, 2.75) is 0 Å². The molecule has 4 heterocycles. The van der Waals surface area contributed by atoms with E-state index in [1.807, 2.05) is 91.1 Å². The molecule has 0 fully saturated rings. The highest BCUT2D eigenvalue weighted by Crippen LogP contribution is 2.32. The molecule has 0 N–H and O–H groups in total. The molecule has 0 aliphatic carbocycles. The van der Waals surface area contributed by atoms with E-state index in [-0.39, 0.29) is 0 Å². The summed E-state index contributed by atoms with van der Waals surface area (Å²) in [4.78, 5) is 24.2. The number of nitriles is 1. The minimum absolute atomic E-state index is 0.503. The largest absolute Gasteiger partial charge is 0.254 e. The maximum atomic E-state index is 9.23. The molecule has 0 aliphatic rings. The van der Waals surface area contributed by atoms with Gasteiger partial charge in [-0.1, -0.05) is 121 Å². The summed E-state index contributed by atoms with van der Waals surface area (Å²) in [5, 5.41) is 9.23. The van der Waals surface area contributed by atoms with Gasteiger partial charge in [-0.15, -0.1) is 0 Å². The van der Waals surface area contributed by atoms with E-state index in [2.05, 4.69) is 77.8 Å². The minimum atomic E-state index is 0.503. The summed E-state index contributed by atoms with van der Waals surface area (Å²) in [7, 11) is 0. The second-order valence-corrected chi connectivity index (χ2v) is 11.7. The summed E-state index contributed by atoms with van der Waals surface area (Å²) in [6.45, 7) is 0. The normalized spacial score (nSPS) is 10.8. The molecule has 0 atom stereocenters. The van der Waals surface area contributed by atoms with Crippen LogP contribution < -0.4 is 0 Å². The molecule has 8 aromatic rings. The van der Waals surface area contributed by atoms with Gasteiger partial charge in [-0.3, -0.25) is 9.97 Å². The van der Waals surface area contributed by atoms with E-state index in [4.69, 9.17) is 19.9 Å². The van der Waals surface area contributed by atoms with E-state index in [9.17, 15) is 5.26 Å². The Hall–Kier alpha value is -7.10. The third kappa shape index (κ3) is 6.40. The van der Waals surface area contributed by atoms with Crippen molar-refractivity contribution >= 4 is 0 Å². The third-order valence-electron chi connectivity index (χ3n) is 8.46.